The fourth-order valence-corrected chi connectivity index (χ4v) is 5.27. The largest absolute Gasteiger partial charge is 0.478 e. The molecule has 0 heterocycles. The Balaban J connectivity index is 1.55. The third kappa shape index (κ3) is 7.77. The number of benzene rings is 4. The molecule has 0 aromatic heterocycles. The Morgan fingerprint density at radius 3 is 2.05 bits per heavy atom. The maximum atomic E-state index is 12.8. The van der Waals surface area contributed by atoms with Crippen LogP contribution < -0.4 is 14.8 Å². The van der Waals surface area contributed by atoms with E-state index in [4.69, 9.17) is 9.47 Å². The highest BCUT2D eigenvalue weighted by Gasteiger charge is 2.21. The third-order valence-corrected chi connectivity index (χ3v) is 7.82. The first kappa shape index (κ1) is 30.8. The van der Waals surface area contributed by atoms with Crippen LogP contribution in [0.2, 0.25) is 0 Å². The molecule has 4 rings (SSSR count). The van der Waals surface area contributed by atoms with Crippen molar-refractivity contribution < 1.29 is 37.4 Å². The van der Waals surface area contributed by atoms with E-state index < -0.39 is 27.9 Å². The number of hydrogen-bond donors (Lipinski definition) is 3. The second-order valence-corrected chi connectivity index (χ2v) is 11.2. The highest BCUT2D eigenvalue weighted by molar-refractivity contribution is 7.92. The van der Waals surface area contributed by atoms with Gasteiger partial charge in [-0.25, -0.2) is 18.0 Å². The Labute approximate surface area is 249 Å². The van der Waals surface area contributed by atoms with Gasteiger partial charge in [0.2, 0.25) is 0 Å². The van der Waals surface area contributed by atoms with E-state index in [9.17, 15) is 27.9 Å². The number of esters is 1. The Bertz CT molecular complexity index is 1740. The molecular formula is C32H30N2O8S. The molecule has 0 unspecified atom stereocenters. The van der Waals surface area contributed by atoms with Crippen molar-refractivity contribution in [1.82, 2.24) is 0 Å². The van der Waals surface area contributed by atoms with Crippen LogP contribution in [-0.2, 0) is 21.2 Å². The number of aryl methyl sites for hydroxylation is 1. The zero-order valence-corrected chi connectivity index (χ0v) is 24.3. The molecule has 0 aliphatic carbocycles. The second-order valence-electron chi connectivity index (χ2n) is 9.49. The van der Waals surface area contributed by atoms with Crippen LogP contribution in [0.1, 0.15) is 56.4 Å². The number of amides is 1. The van der Waals surface area contributed by atoms with E-state index in [2.05, 4.69) is 17.0 Å². The van der Waals surface area contributed by atoms with Gasteiger partial charge in [-0.05, 0) is 79.1 Å². The summed E-state index contributed by atoms with van der Waals surface area (Å²) in [5.74, 6) is -2.37. The van der Waals surface area contributed by atoms with E-state index in [-0.39, 0.29) is 38.9 Å². The Morgan fingerprint density at radius 1 is 0.814 bits per heavy atom. The van der Waals surface area contributed by atoms with Gasteiger partial charge >= 0.3 is 11.9 Å². The summed E-state index contributed by atoms with van der Waals surface area (Å²) in [6, 6.07) is 22.9. The van der Waals surface area contributed by atoms with Gasteiger partial charge in [-0.2, -0.15) is 0 Å². The molecule has 0 spiro atoms. The summed E-state index contributed by atoms with van der Waals surface area (Å²) in [6.07, 6.45) is 3.02. The lowest BCUT2D eigenvalue weighted by molar-refractivity contribution is 0.0600. The highest BCUT2D eigenvalue weighted by atomic mass is 32.2. The van der Waals surface area contributed by atoms with Crippen LogP contribution in [0.3, 0.4) is 0 Å². The number of nitrogens with one attached hydrogen (secondary N) is 2. The fourth-order valence-electron chi connectivity index (χ4n) is 4.17. The number of sulfonamides is 1. The molecule has 4 aromatic rings. The zero-order valence-electron chi connectivity index (χ0n) is 23.5. The zero-order chi connectivity index (χ0) is 31.0. The van der Waals surface area contributed by atoms with E-state index in [0.29, 0.717) is 5.56 Å². The van der Waals surface area contributed by atoms with Crippen LogP contribution in [0.4, 0.5) is 11.4 Å². The molecule has 0 radical (unpaired) electrons. The molecule has 0 bridgehead atoms. The van der Waals surface area contributed by atoms with Gasteiger partial charge in [0.15, 0.2) is 0 Å². The van der Waals surface area contributed by atoms with E-state index in [1.54, 1.807) is 30.3 Å². The maximum absolute atomic E-state index is 12.8. The first-order chi connectivity index (χ1) is 20.6. The molecule has 0 atom stereocenters. The van der Waals surface area contributed by atoms with Gasteiger partial charge in [-0.3, -0.25) is 9.52 Å². The van der Waals surface area contributed by atoms with Crippen molar-refractivity contribution >= 4 is 39.2 Å². The number of carboxylic acids is 1. The summed E-state index contributed by atoms with van der Waals surface area (Å²) in [4.78, 5) is 37.4. The molecule has 222 valence electrons. The first-order valence-electron chi connectivity index (χ1n) is 13.4. The number of ether oxygens (including phenoxy) is 2. The average molecular weight is 603 g/mol. The summed E-state index contributed by atoms with van der Waals surface area (Å²) < 4.78 is 38.6. The minimum absolute atomic E-state index is 0.00325. The second kappa shape index (κ2) is 13.7. The van der Waals surface area contributed by atoms with E-state index in [0.717, 1.165) is 31.9 Å². The quantitative estimate of drug-likeness (QED) is 0.159. The van der Waals surface area contributed by atoms with E-state index >= 15 is 0 Å². The summed E-state index contributed by atoms with van der Waals surface area (Å²) in [5, 5.41) is 12.4. The molecule has 0 aliphatic rings. The summed E-state index contributed by atoms with van der Waals surface area (Å²) in [6.45, 7) is 2.10. The molecule has 0 aliphatic heterocycles. The Kier molecular flexibility index (Phi) is 9.79. The predicted molar refractivity (Wildman–Crippen MR) is 162 cm³/mol. The van der Waals surface area contributed by atoms with Crippen molar-refractivity contribution in [2.24, 2.45) is 0 Å². The fraction of sp³-hybridized carbons (Fsp3) is 0.156. The number of unbranched alkanes of at least 4 members (excludes halogenated alkanes) is 1. The summed E-state index contributed by atoms with van der Waals surface area (Å²) >= 11 is 0. The number of anilines is 2. The molecule has 0 fully saturated rings. The third-order valence-electron chi connectivity index (χ3n) is 6.43. The van der Waals surface area contributed by atoms with Gasteiger partial charge in [0, 0.05) is 5.56 Å². The average Bonchev–Trinajstić information content (AvgIpc) is 3.01. The molecule has 43 heavy (non-hydrogen) atoms. The van der Waals surface area contributed by atoms with Crippen molar-refractivity contribution in [3.05, 3.63) is 113 Å². The molecule has 4 aromatic carbocycles. The Morgan fingerprint density at radius 2 is 1.44 bits per heavy atom. The number of hydrogen-bond acceptors (Lipinski definition) is 7. The molecule has 0 saturated heterocycles. The molecule has 1 amide bonds. The van der Waals surface area contributed by atoms with Gasteiger partial charge in [0.1, 0.15) is 11.5 Å². The standard InChI is InChI=1S/C32H30N2O8S/c1-3-4-8-21-11-13-22(14-12-21)30(35)33-28-17-15-23(19-26(28)31(36)37)42-24-16-18-29(27(20-24)32(38)41-2)34-43(39,40)25-9-6-5-7-10-25/h5-7,9-20,34H,3-4,8H2,1-2H3,(H,33,35)(H,36,37). The topological polar surface area (TPSA) is 148 Å². The highest BCUT2D eigenvalue weighted by Crippen LogP contribution is 2.31. The molecule has 0 saturated carbocycles. The van der Waals surface area contributed by atoms with Gasteiger partial charge in [-0.1, -0.05) is 43.7 Å². The molecule has 3 N–H and O–H groups in total. The number of carbonyl (C=O) groups excluding carboxylic acids is 2. The summed E-state index contributed by atoms with van der Waals surface area (Å²) in [7, 11) is -2.85. The van der Waals surface area contributed by atoms with Gasteiger partial charge in [0.05, 0.1) is 34.5 Å². The monoisotopic (exact) mass is 602 g/mol. The van der Waals surface area contributed by atoms with Crippen LogP contribution in [0.5, 0.6) is 11.5 Å². The Hall–Kier alpha value is -5.16. The predicted octanol–water partition coefficient (Wildman–Crippen LogP) is 6.36. The van der Waals surface area contributed by atoms with Crippen LogP contribution in [0.25, 0.3) is 0 Å². The van der Waals surface area contributed by atoms with Crippen molar-refractivity contribution in [2.45, 2.75) is 31.1 Å². The van der Waals surface area contributed by atoms with E-state index in [1.807, 2.05) is 12.1 Å². The van der Waals surface area contributed by atoms with Gasteiger partial charge in [-0.15, -0.1) is 0 Å². The van der Waals surface area contributed by atoms with Gasteiger partial charge in [0.25, 0.3) is 15.9 Å². The normalized spacial score (nSPS) is 10.9. The maximum Gasteiger partial charge on any atom is 0.340 e. The van der Waals surface area contributed by atoms with Crippen LogP contribution in [0, 0.1) is 0 Å². The van der Waals surface area contributed by atoms with E-state index in [1.165, 1.54) is 48.5 Å². The lowest BCUT2D eigenvalue weighted by Crippen LogP contribution is -2.16. The summed E-state index contributed by atoms with van der Waals surface area (Å²) in [5.41, 5.74) is 1.19. The molecule has 10 nitrogen and oxygen atoms in total. The van der Waals surface area contributed by atoms with Crippen molar-refractivity contribution in [3.63, 3.8) is 0 Å². The van der Waals surface area contributed by atoms with Crippen LogP contribution in [0.15, 0.2) is 95.9 Å². The van der Waals surface area contributed by atoms with Crippen LogP contribution >= 0.6 is 0 Å². The van der Waals surface area contributed by atoms with Gasteiger partial charge < -0.3 is 19.9 Å². The smallest absolute Gasteiger partial charge is 0.340 e. The number of aromatic carboxylic acids is 1. The number of carboxylic acid groups (broad SMARTS) is 1. The van der Waals surface area contributed by atoms with Crippen molar-refractivity contribution in [2.75, 3.05) is 17.1 Å². The van der Waals surface area contributed by atoms with Crippen molar-refractivity contribution in [1.29, 1.82) is 0 Å². The number of methoxy groups -OCH3 is 1. The lowest BCUT2D eigenvalue weighted by atomic mass is 10.1. The number of carbonyl (C=O) groups is 3. The van der Waals surface area contributed by atoms with Crippen LogP contribution in [-0.4, -0.2) is 38.5 Å². The lowest BCUT2D eigenvalue weighted by Gasteiger charge is -2.15. The SMILES string of the molecule is CCCCc1ccc(C(=O)Nc2ccc(Oc3ccc(NS(=O)(=O)c4ccccc4)c(C(=O)OC)c3)cc2C(=O)O)cc1. The molecular weight excluding hydrogens is 572 g/mol. The van der Waals surface area contributed by atoms with Crippen molar-refractivity contribution in [3.8, 4) is 11.5 Å². The number of rotatable bonds is 12. The molecule has 11 heteroatoms. The minimum atomic E-state index is -4.00. The first-order valence-corrected chi connectivity index (χ1v) is 14.9. The minimum Gasteiger partial charge on any atom is -0.478 e.